The summed E-state index contributed by atoms with van der Waals surface area (Å²) in [6.07, 6.45) is 3.31. The number of hydrogen-bond donors (Lipinski definition) is 1. The molecule has 21 heavy (non-hydrogen) atoms. The number of nitrogens with zero attached hydrogens (tertiary/aromatic N) is 2. The van der Waals surface area contributed by atoms with Gasteiger partial charge >= 0.3 is 0 Å². The Morgan fingerprint density at radius 2 is 2.19 bits per heavy atom. The van der Waals surface area contributed by atoms with Crippen LogP contribution < -0.4 is 15.2 Å². The van der Waals surface area contributed by atoms with Crippen LogP contribution in [-0.2, 0) is 6.42 Å². The lowest BCUT2D eigenvalue weighted by atomic mass is 10.3. The van der Waals surface area contributed by atoms with E-state index in [1.54, 1.807) is 23.5 Å². The minimum atomic E-state index is 0.480. The Kier molecular flexibility index (Phi) is 4.24. The van der Waals surface area contributed by atoms with Crippen molar-refractivity contribution in [3.63, 3.8) is 0 Å². The zero-order chi connectivity index (χ0) is 14.7. The maximum atomic E-state index is 5.87. The Balaban J connectivity index is 1.54. The van der Waals surface area contributed by atoms with Gasteiger partial charge < -0.3 is 15.2 Å². The van der Waals surface area contributed by atoms with E-state index >= 15 is 0 Å². The monoisotopic (exact) mass is 305 g/mol. The van der Waals surface area contributed by atoms with Gasteiger partial charge in [-0.15, -0.1) is 11.3 Å². The molecule has 1 aliphatic rings. The van der Waals surface area contributed by atoms with Crippen LogP contribution in [-0.4, -0.2) is 23.2 Å². The number of thiazole rings is 1. The molecule has 5 nitrogen and oxygen atoms in total. The summed E-state index contributed by atoms with van der Waals surface area (Å²) in [5.74, 6) is 1.70. The number of aromatic nitrogens is 2. The van der Waals surface area contributed by atoms with E-state index in [1.807, 2.05) is 12.4 Å². The van der Waals surface area contributed by atoms with E-state index < -0.39 is 0 Å². The SMILES string of the molecule is Cc1ncsc1CCOc1ccc(N)c(OCC2CC2)n1. The fourth-order valence-electron chi connectivity index (χ4n) is 1.93. The van der Waals surface area contributed by atoms with Crippen molar-refractivity contribution in [2.45, 2.75) is 26.2 Å². The first kappa shape index (κ1) is 14.1. The molecule has 0 atom stereocenters. The first-order valence-electron chi connectivity index (χ1n) is 7.13. The third-order valence-corrected chi connectivity index (χ3v) is 4.44. The highest BCUT2D eigenvalue weighted by Crippen LogP contribution is 2.31. The number of pyridine rings is 1. The molecule has 2 aromatic heterocycles. The number of hydrogen-bond acceptors (Lipinski definition) is 6. The average Bonchev–Trinajstić information content (AvgIpc) is 3.22. The Bertz CT molecular complexity index is 611. The van der Waals surface area contributed by atoms with E-state index in [2.05, 4.69) is 9.97 Å². The molecule has 3 rings (SSSR count). The van der Waals surface area contributed by atoms with Gasteiger partial charge in [-0.1, -0.05) is 0 Å². The van der Waals surface area contributed by atoms with Crippen molar-refractivity contribution in [3.8, 4) is 11.8 Å². The molecule has 1 fully saturated rings. The van der Waals surface area contributed by atoms with Crippen molar-refractivity contribution in [2.75, 3.05) is 18.9 Å². The zero-order valence-electron chi connectivity index (χ0n) is 12.0. The molecule has 112 valence electrons. The van der Waals surface area contributed by atoms with Gasteiger partial charge in [0.2, 0.25) is 11.8 Å². The molecule has 2 N–H and O–H groups in total. The third kappa shape index (κ3) is 3.85. The van der Waals surface area contributed by atoms with Crippen molar-refractivity contribution >= 4 is 17.0 Å². The summed E-state index contributed by atoms with van der Waals surface area (Å²) >= 11 is 1.65. The lowest BCUT2D eigenvalue weighted by Crippen LogP contribution is -2.06. The average molecular weight is 305 g/mol. The largest absolute Gasteiger partial charge is 0.477 e. The van der Waals surface area contributed by atoms with Gasteiger partial charge in [0, 0.05) is 17.4 Å². The second-order valence-electron chi connectivity index (χ2n) is 5.26. The predicted octanol–water partition coefficient (Wildman–Crippen LogP) is 2.84. The van der Waals surface area contributed by atoms with Gasteiger partial charge in [-0.2, -0.15) is 4.98 Å². The number of nitrogens with two attached hydrogens (primary N) is 1. The Morgan fingerprint density at radius 3 is 2.90 bits per heavy atom. The number of ether oxygens (including phenoxy) is 2. The summed E-state index contributed by atoms with van der Waals surface area (Å²) in [5.41, 5.74) is 9.36. The second kappa shape index (κ2) is 6.30. The molecule has 2 aromatic rings. The molecule has 0 unspecified atom stereocenters. The first-order chi connectivity index (χ1) is 10.2. The molecule has 0 aliphatic heterocycles. The van der Waals surface area contributed by atoms with E-state index in [0.29, 0.717) is 36.6 Å². The number of nitrogen functional groups attached to an aromatic ring is 1. The van der Waals surface area contributed by atoms with E-state index in [-0.39, 0.29) is 0 Å². The summed E-state index contributed by atoms with van der Waals surface area (Å²) < 4.78 is 11.3. The van der Waals surface area contributed by atoms with Gasteiger partial charge in [0.05, 0.1) is 30.1 Å². The molecular formula is C15H19N3O2S. The van der Waals surface area contributed by atoms with Gasteiger partial charge in [0.15, 0.2) is 0 Å². The number of anilines is 1. The van der Waals surface area contributed by atoms with Crippen LogP contribution in [0.4, 0.5) is 5.69 Å². The van der Waals surface area contributed by atoms with Crippen LogP contribution in [0.1, 0.15) is 23.4 Å². The molecule has 1 saturated carbocycles. The van der Waals surface area contributed by atoms with Crippen LogP contribution in [0.2, 0.25) is 0 Å². The molecule has 6 heteroatoms. The molecule has 0 saturated heterocycles. The minimum absolute atomic E-state index is 0.480. The Morgan fingerprint density at radius 1 is 1.33 bits per heavy atom. The number of aryl methyl sites for hydroxylation is 1. The molecule has 1 aliphatic carbocycles. The highest BCUT2D eigenvalue weighted by molar-refractivity contribution is 7.09. The van der Waals surface area contributed by atoms with Gasteiger partial charge in [-0.25, -0.2) is 4.98 Å². The topological polar surface area (TPSA) is 70.3 Å². The van der Waals surface area contributed by atoms with Crippen LogP contribution in [0.5, 0.6) is 11.8 Å². The molecule has 0 bridgehead atoms. The maximum Gasteiger partial charge on any atom is 0.240 e. The second-order valence-corrected chi connectivity index (χ2v) is 6.20. The van der Waals surface area contributed by atoms with Gasteiger partial charge in [-0.05, 0) is 31.7 Å². The summed E-state index contributed by atoms with van der Waals surface area (Å²) in [4.78, 5) is 9.80. The predicted molar refractivity (Wildman–Crippen MR) is 82.9 cm³/mol. The third-order valence-electron chi connectivity index (χ3n) is 3.44. The van der Waals surface area contributed by atoms with Crippen molar-refractivity contribution < 1.29 is 9.47 Å². The van der Waals surface area contributed by atoms with Crippen molar-refractivity contribution in [2.24, 2.45) is 5.92 Å². The highest BCUT2D eigenvalue weighted by atomic mass is 32.1. The van der Waals surface area contributed by atoms with Crippen LogP contribution in [0.3, 0.4) is 0 Å². The smallest absolute Gasteiger partial charge is 0.240 e. The first-order valence-corrected chi connectivity index (χ1v) is 8.01. The lowest BCUT2D eigenvalue weighted by Gasteiger charge is -2.10. The van der Waals surface area contributed by atoms with Crippen molar-refractivity contribution in [3.05, 3.63) is 28.2 Å². The maximum absolute atomic E-state index is 5.87. The molecule has 0 radical (unpaired) electrons. The quantitative estimate of drug-likeness (QED) is 0.851. The molecule has 0 spiro atoms. The van der Waals surface area contributed by atoms with E-state index in [0.717, 1.165) is 12.1 Å². The molecule has 0 amide bonds. The fraction of sp³-hybridized carbons (Fsp3) is 0.467. The van der Waals surface area contributed by atoms with Crippen LogP contribution >= 0.6 is 11.3 Å². The highest BCUT2D eigenvalue weighted by Gasteiger charge is 2.22. The van der Waals surface area contributed by atoms with Gasteiger partial charge in [0.1, 0.15) is 0 Å². The Labute approximate surface area is 128 Å². The fourth-order valence-corrected chi connectivity index (χ4v) is 2.69. The molecule has 2 heterocycles. The van der Waals surface area contributed by atoms with Gasteiger partial charge in [-0.3, -0.25) is 0 Å². The molecule has 0 aromatic carbocycles. The minimum Gasteiger partial charge on any atom is -0.477 e. The summed E-state index contributed by atoms with van der Waals surface area (Å²) in [6.45, 7) is 3.28. The zero-order valence-corrected chi connectivity index (χ0v) is 12.9. The van der Waals surface area contributed by atoms with Crippen LogP contribution in [0.25, 0.3) is 0 Å². The van der Waals surface area contributed by atoms with E-state index in [9.17, 15) is 0 Å². The van der Waals surface area contributed by atoms with E-state index in [4.69, 9.17) is 15.2 Å². The standard InChI is InChI=1S/C15H19N3O2S/c1-10-13(21-9-17-10)6-7-19-14-5-4-12(16)15(18-14)20-8-11-2-3-11/h4-5,9,11H,2-3,6-8,16H2,1H3. The van der Waals surface area contributed by atoms with Crippen molar-refractivity contribution in [1.82, 2.24) is 9.97 Å². The van der Waals surface area contributed by atoms with Crippen molar-refractivity contribution in [1.29, 1.82) is 0 Å². The number of rotatable bonds is 7. The lowest BCUT2D eigenvalue weighted by molar-refractivity contribution is 0.273. The summed E-state index contributed by atoms with van der Waals surface area (Å²) in [5, 5.41) is 0. The molecular weight excluding hydrogens is 286 g/mol. The Hall–Kier alpha value is -1.82. The summed E-state index contributed by atoms with van der Waals surface area (Å²) in [6, 6.07) is 3.56. The van der Waals surface area contributed by atoms with E-state index in [1.165, 1.54) is 17.7 Å². The van der Waals surface area contributed by atoms with Crippen LogP contribution in [0, 0.1) is 12.8 Å². The normalized spacial score (nSPS) is 14.1. The van der Waals surface area contributed by atoms with Gasteiger partial charge in [0.25, 0.3) is 0 Å². The summed E-state index contributed by atoms with van der Waals surface area (Å²) in [7, 11) is 0. The van der Waals surface area contributed by atoms with Crippen LogP contribution in [0.15, 0.2) is 17.6 Å².